The van der Waals surface area contributed by atoms with Crippen LogP contribution in [0, 0.1) is 5.92 Å². The smallest absolute Gasteiger partial charge is 0.407 e. The Balaban J connectivity index is 1.65. The van der Waals surface area contributed by atoms with Crippen LogP contribution in [-0.4, -0.2) is 68.9 Å². The van der Waals surface area contributed by atoms with E-state index in [1.807, 2.05) is 43.8 Å². The Morgan fingerprint density at radius 1 is 1.16 bits per heavy atom. The number of nitrogens with zero attached hydrogens (tertiary/aromatic N) is 3. The standard InChI is InChI=1S/C27H44N4O5Si/c1-27(2,3)36-26(33)28-11-8-20-9-12-30(13-10-20)23-16-21(25(32)34-4)17-24-22(23)18-29-31(24)19-35-14-15-37(5,6)7/h16-18,20H,8-15,19H2,1-7H3,(H,28,33). The third-order valence-electron chi connectivity index (χ3n) is 6.55. The Morgan fingerprint density at radius 2 is 1.86 bits per heavy atom. The van der Waals surface area contributed by atoms with Crippen molar-refractivity contribution >= 4 is 36.7 Å². The zero-order valence-corrected chi connectivity index (χ0v) is 24.6. The first kappa shape index (κ1) is 29.0. The van der Waals surface area contributed by atoms with Gasteiger partial charge in [0.1, 0.15) is 12.3 Å². The number of nitrogens with one attached hydrogen (secondary N) is 1. The number of methoxy groups -OCH3 is 1. The number of amides is 1. The van der Waals surface area contributed by atoms with Crippen LogP contribution in [0.3, 0.4) is 0 Å². The van der Waals surface area contributed by atoms with E-state index in [4.69, 9.17) is 14.2 Å². The van der Waals surface area contributed by atoms with Crippen molar-refractivity contribution in [1.82, 2.24) is 15.1 Å². The van der Waals surface area contributed by atoms with Crippen molar-refractivity contribution in [3.8, 4) is 0 Å². The number of piperidine rings is 1. The van der Waals surface area contributed by atoms with Gasteiger partial charge in [-0.3, -0.25) is 0 Å². The fraction of sp³-hybridized carbons (Fsp3) is 0.667. The van der Waals surface area contributed by atoms with Crippen molar-refractivity contribution in [2.75, 3.05) is 38.3 Å². The van der Waals surface area contributed by atoms with Gasteiger partial charge < -0.3 is 24.4 Å². The number of benzene rings is 1. The molecule has 0 atom stereocenters. The number of hydrogen-bond donors (Lipinski definition) is 1. The van der Waals surface area contributed by atoms with Crippen LogP contribution in [0.15, 0.2) is 18.3 Å². The molecule has 1 aliphatic rings. The van der Waals surface area contributed by atoms with Crippen LogP contribution in [0.5, 0.6) is 0 Å². The fourth-order valence-electron chi connectivity index (χ4n) is 4.44. The number of aromatic nitrogens is 2. The van der Waals surface area contributed by atoms with Crippen LogP contribution in [-0.2, 0) is 20.9 Å². The molecule has 0 aliphatic carbocycles. The molecule has 10 heteroatoms. The summed E-state index contributed by atoms with van der Waals surface area (Å²) < 4.78 is 18.1. The summed E-state index contributed by atoms with van der Waals surface area (Å²) >= 11 is 0. The lowest BCUT2D eigenvalue weighted by molar-refractivity contribution is 0.0523. The number of ether oxygens (including phenoxy) is 3. The lowest BCUT2D eigenvalue weighted by Gasteiger charge is -2.34. The molecule has 3 rings (SSSR count). The lowest BCUT2D eigenvalue weighted by Crippen LogP contribution is -2.36. The maximum absolute atomic E-state index is 12.5. The van der Waals surface area contributed by atoms with E-state index in [1.54, 1.807) is 0 Å². The maximum Gasteiger partial charge on any atom is 0.407 e. The molecule has 37 heavy (non-hydrogen) atoms. The minimum atomic E-state index is -1.17. The molecule has 1 N–H and O–H groups in total. The van der Waals surface area contributed by atoms with Crippen LogP contribution < -0.4 is 10.2 Å². The van der Waals surface area contributed by atoms with Crippen molar-refractivity contribution in [3.05, 3.63) is 23.9 Å². The largest absolute Gasteiger partial charge is 0.465 e. The summed E-state index contributed by atoms with van der Waals surface area (Å²) in [4.78, 5) is 26.7. The molecular weight excluding hydrogens is 488 g/mol. The normalized spacial score (nSPS) is 15.2. The van der Waals surface area contributed by atoms with Gasteiger partial charge in [0.05, 0.1) is 24.4 Å². The van der Waals surface area contributed by atoms with Crippen molar-refractivity contribution in [3.63, 3.8) is 0 Å². The van der Waals surface area contributed by atoms with Gasteiger partial charge in [-0.05, 0) is 64.1 Å². The number of alkyl carbamates (subject to hydrolysis) is 1. The van der Waals surface area contributed by atoms with E-state index in [0.717, 1.165) is 55.0 Å². The Kier molecular flexibility index (Phi) is 9.63. The summed E-state index contributed by atoms with van der Waals surface area (Å²) in [5.41, 5.74) is 1.89. The minimum absolute atomic E-state index is 0.352. The average Bonchev–Trinajstić information content (AvgIpc) is 3.22. The molecule has 0 saturated carbocycles. The van der Waals surface area contributed by atoms with E-state index in [-0.39, 0.29) is 12.1 Å². The first-order chi connectivity index (χ1) is 17.4. The van der Waals surface area contributed by atoms with Crippen LogP contribution in [0.2, 0.25) is 25.7 Å². The van der Waals surface area contributed by atoms with E-state index in [2.05, 4.69) is 35.0 Å². The topological polar surface area (TPSA) is 94.9 Å². The summed E-state index contributed by atoms with van der Waals surface area (Å²) in [5.74, 6) is 0.159. The van der Waals surface area contributed by atoms with Crippen LogP contribution in [0.25, 0.3) is 10.9 Å². The number of fused-ring (bicyclic) bond motifs is 1. The van der Waals surface area contributed by atoms with E-state index in [9.17, 15) is 9.59 Å². The fourth-order valence-corrected chi connectivity index (χ4v) is 5.20. The number of carbonyl (C=O) groups is 2. The monoisotopic (exact) mass is 532 g/mol. The summed E-state index contributed by atoms with van der Waals surface area (Å²) in [6.07, 6.45) is 4.43. The lowest BCUT2D eigenvalue weighted by atomic mass is 9.93. The highest BCUT2D eigenvalue weighted by Gasteiger charge is 2.24. The second-order valence-corrected chi connectivity index (χ2v) is 17.7. The van der Waals surface area contributed by atoms with E-state index in [0.29, 0.717) is 31.4 Å². The second-order valence-electron chi connectivity index (χ2n) is 12.1. The maximum atomic E-state index is 12.5. The van der Waals surface area contributed by atoms with Gasteiger partial charge in [-0.2, -0.15) is 5.10 Å². The van der Waals surface area contributed by atoms with Crippen LogP contribution in [0.4, 0.5) is 10.5 Å². The van der Waals surface area contributed by atoms with Crippen molar-refractivity contribution < 1.29 is 23.8 Å². The average molecular weight is 533 g/mol. The van der Waals surface area contributed by atoms with Crippen molar-refractivity contribution in [2.45, 2.75) is 78.1 Å². The quantitative estimate of drug-likeness (QED) is 0.253. The molecule has 0 bridgehead atoms. The zero-order chi connectivity index (χ0) is 27.2. The molecule has 1 fully saturated rings. The summed E-state index contributed by atoms with van der Waals surface area (Å²) in [6, 6.07) is 4.85. The second kappa shape index (κ2) is 12.3. The third-order valence-corrected chi connectivity index (χ3v) is 8.25. The number of anilines is 1. The Labute approximate surface area is 221 Å². The molecular formula is C27H44N4O5Si. The number of carbonyl (C=O) groups excluding carboxylic acids is 2. The molecule has 1 aliphatic heterocycles. The highest BCUT2D eigenvalue weighted by Crippen LogP contribution is 2.33. The molecule has 0 unspecified atom stereocenters. The molecule has 1 aromatic heterocycles. The molecule has 206 valence electrons. The highest BCUT2D eigenvalue weighted by molar-refractivity contribution is 6.76. The molecule has 0 radical (unpaired) electrons. The van der Waals surface area contributed by atoms with Crippen LogP contribution in [0.1, 0.15) is 50.4 Å². The number of rotatable bonds is 10. The highest BCUT2D eigenvalue weighted by atomic mass is 28.3. The van der Waals surface area contributed by atoms with Gasteiger partial charge in [0.15, 0.2) is 0 Å². The van der Waals surface area contributed by atoms with E-state index < -0.39 is 13.7 Å². The first-order valence-corrected chi connectivity index (χ1v) is 16.9. The predicted octanol–water partition coefficient (Wildman–Crippen LogP) is 5.27. The van der Waals surface area contributed by atoms with Crippen LogP contribution >= 0.6 is 0 Å². The van der Waals surface area contributed by atoms with E-state index >= 15 is 0 Å². The van der Waals surface area contributed by atoms with Gasteiger partial charge in [-0.25, -0.2) is 14.3 Å². The van der Waals surface area contributed by atoms with Gasteiger partial charge >= 0.3 is 12.1 Å². The van der Waals surface area contributed by atoms with Crippen molar-refractivity contribution in [2.24, 2.45) is 5.92 Å². The molecule has 1 amide bonds. The minimum Gasteiger partial charge on any atom is -0.465 e. The predicted molar refractivity (Wildman–Crippen MR) is 149 cm³/mol. The SMILES string of the molecule is COC(=O)c1cc(N2CCC(CCNC(=O)OC(C)(C)C)CC2)c2cnn(COCC[Si](C)(C)C)c2c1. The first-order valence-electron chi connectivity index (χ1n) is 13.2. The third kappa shape index (κ3) is 8.74. The molecule has 2 heterocycles. The Morgan fingerprint density at radius 3 is 2.49 bits per heavy atom. The van der Waals surface area contributed by atoms with Gasteiger partial charge in [0.25, 0.3) is 0 Å². The van der Waals surface area contributed by atoms with Gasteiger partial charge in [-0.15, -0.1) is 0 Å². The van der Waals surface area contributed by atoms with Crippen molar-refractivity contribution in [1.29, 1.82) is 0 Å². The van der Waals surface area contributed by atoms with Gasteiger partial charge in [0, 0.05) is 45.4 Å². The number of hydrogen-bond acceptors (Lipinski definition) is 7. The van der Waals surface area contributed by atoms with Gasteiger partial charge in [0.2, 0.25) is 0 Å². The Hall–Kier alpha value is -2.59. The molecule has 1 aromatic carbocycles. The molecule has 0 spiro atoms. The molecule has 2 aromatic rings. The molecule has 9 nitrogen and oxygen atoms in total. The zero-order valence-electron chi connectivity index (χ0n) is 23.6. The summed E-state index contributed by atoms with van der Waals surface area (Å²) in [7, 11) is 0.230. The molecule has 1 saturated heterocycles. The number of esters is 1. The Bertz CT molecular complexity index is 1070. The summed E-state index contributed by atoms with van der Waals surface area (Å²) in [6.45, 7) is 16.0. The summed E-state index contributed by atoms with van der Waals surface area (Å²) in [5, 5.41) is 8.45. The van der Waals surface area contributed by atoms with Gasteiger partial charge in [-0.1, -0.05) is 19.6 Å². The van der Waals surface area contributed by atoms with E-state index in [1.165, 1.54) is 7.11 Å².